The molecule has 1 aliphatic rings. The van der Waals surface area contributed by atoms with Crippen molar-refractivity contribution in [1.82, 2.24) is 5.32 Å². The number of hydrogen-bond donors (Lipinski definition) is 1. The molecule has 1 unspecified atom stereocenters. The third-order valence-electron chi connectivity index (χ3n) is 2.94. The monoisotopic (exact) mass is 195 g/mol. The van der Waals surface area contributed by atoms with E-state index in [0.717, 1.165) is 0 Å². The Balaban J connectivity index is 2.57. The maximum Gasteiger partial charge on any atom is 0.0281 e. The zero-order valence-electron chi connectivity index (χ0n) is 10.2. The molecule has 1 aliphatic carbocycles. The third kappa shape index (κ3) is 3.83. The first-order valence-corrected chi connectivity index (χ1v) is 5.89. The maximum atomic E-state index is 3.46. The highest BCUT2D eigenvalue weighted by atomic mass is 14.9. The highest BCUT2D eigenvalue weighted by Gasteiger charge is 2.21. The van der Waals surface area contributed by atoms with Crippen molar-refractivity contribution in [1.29, 1.82) is 0 Å². The number of likely N-dealkylation sites (N-methyl/N-ethyl adjacent to an activating group) is 1. The van der Waals surface area contributed by atoms with E-state index < -0.39 is 0 Å². The van der Waals surface area contributed by atoms with Crippen LogP contribution >= 0.6 is 0 Å². The Morgan fingerprint density at radius 1 is 1.36 bits per heavy atom. The van der Waals surface area contributed by atoms with Crippen molar-refractivity contribution in [3.8, 4) is 0 Å². The minimum atomic E-state index is 0.423. The highest BCUT2D eigenvalue weighted by Crippen LogP contribution is 2.28. The van der Waals surface area contributed by atoms with Gasteiger partial charge < -0.3 is 5.32 Å². The first-order valence-electron chi connectivity index (χ1n) is 5.89. The molecule has 0 amide bonds. The normalized spacial score (nSPS) is 20.4. The molecule has 0 radical (unpaired) electrons. The second-order valence-corrected chi connectivity index (χ2v) is 5.63. The number of hydrogen-bond acceptors (Lipinski definition) is 1. The first kappa shape index (κ1) is 11.8. The fraction of sp³-hybridized carbons (Fsp3) is 0.846. The molecule has 1 atom stereocenters. The summed E-state index contributed by atoms with van der Waals surface area (Å²) in [6, 6.07) is 0.607. The van der Waals surface area contributed by atoms with E-state index >= 15 is 0 Å². The molecule has 0 fully saturated rings. The van der Waals surface area contributed by atoms with Crippen LogP contribution in [0.15, 0.2) is 11.6 Å². The number of allylic oxidation sites excluding steroid dienone is 1. The van der Waals surface area contributed by atoms with Crippen molar-refractivity contribution in [2.24, 2.45) is 5.41 Å². The van der Waals surface area contributed by atoms with Crippen molar-refractivity contribution >= 4 is 0 Å². The minimum absolute atomic E-state index is 0.423. The maximum absolute atomic E-state index is 3.46. The minimum Gasteiger partial charge on any atom is -0.313 e. The molecule has 1 nitrogen and oxygen atoms in total. The molecule has 0 bridgehead atoms. The molecule has 14 heavy (non-hydrogen) atoms. The predicted molar refractivity (Wildman–Crippen MR) is 63.5 cm³/mol. The Hall–Kier alpha value is -0.300. The van der Waals surface area contributed by atoms with E-state index in [1.54, 1.807) is 5.57 Å². The Morgan fingerprint density at radius 2 is 2.07 bits per heavy atom. The topological polar surface area (TPSA) is 12.0 Å². The summed E-state index contributed by atoms with van der Waals surface area (Å²) >= 11 is 0. The van der Waals surface area contributed by atoms with Gasteiger partial charge in [0.2, 0.25) is 0 Å². The van der Waals surface area contributed by atoms with Gasteiger partial charge >= 0.3 is 0 Å². The van der Waals surface area contributed by atoms with Gasteiger partial charge in [0.1, 0.15) is 0 Å². The van der Waals surface area contributed by atoms with E-state index in [1.165, 1.54) is 32.1 Å². The molecule has 0 aliphatic heterocycles. The Labute approximate surface area is 89.0 Å². The Morgan fingerprint density at radius 3 is 2.50 bits per heavy atom. The highest BCUT2D eigenvalue weighted by molar-refractivity contribution is 5.13. The second-order valence-electron chi connectivity index (χ2n) is 5.63. The van der Waals surface area contributed by atoms with Gasteiger partial charge in [0.15, 0.2) is 0 Å². The van der Waals surface area contributed by atoms with Crippen molar-refractivity contribution < 1.29 is 0 Å². The smallest absolute Gasteiger partial charge is 0.0281 e. The Bertz CT molecular complexity index is 198. The summed E-state index contributed by atoms with van der Waals surface area (Å²) in [5, 5.41) is 3.46. The van der Waals surface area contributed by atoms with Crippen LogP contribution in [0.3, 0.4) is 0 Å². The number of nitrogens with one attached hydrogen (secondary N) is 1. The molecule has 1 rings (SSSR count). The van der Waals surface area contributed by atoms with E-state index in [-0.39, 0.29) is 0 Å². The van der Waals surface area contributed by atoms with Crippen LogP contribution in [-0.2, 0) is 0 Å². The van der Waals surface area contributed by atoms with Gasteiger partial charge in [-0.2, -0.15) is 0 Å². The fourth-order valence-electron chi connectivity index (χ4n) is 2.21. The van der Waals surface area contributed by atoms with Crippen molar-refractivity contribution in [2.75, 3.05) is 7.05 Å². The molecule has 0 aromatic heterocycles. The predicted octanol–water partition coefficient (Wildman–Crippen LogP) is 3.51. The van der Waals surface area contributed by atoms with Gasteiger partial charge in [0.05, 0.1) is 0 Å². The molecule has 0 aromatic carbocycles. The summed E-state index contributed by atoms with van der Waals surface area (Å²) in [6.45, 7) is 6.96. The second kappa shape index (κ2) is 4.97. The average Bonchev–Trinajstić information content (AvgIpc) is 2.14. The summed E-state index contributed by atoms with van der Waals surface area (Å²) in [7, 11) is 2.09. The molecule has 0 aromatic rings. The lowest BCUT2D eigenvalue weighted by molar-refractivity contribution is 0.331. The molecule has 1 heteroatoms. The van der Waals surface area contributed by atoms with Gasteiger partial charge in [-0.25, -0.2) is 0 Å². The van der Waals surface area contributed by atoms with Crippen molar-refractivity contribution in [3.63, 3.8) is 0 Å². The quantitative estimate of drug-likeness (QED) is 0.680. The molecule has 1 N–H and O–H groups in total. The fourth-order valence-corrected chi connectivity index (χ4v) is 2.21. The van der Waals surface area contributed by atoms with E-state index in [2.05, 4.69) is 39.2 Å². The van der Waals surface area contributed by atoms with Crippen LogP contribution in [-0.4, -0.2) is 13.1 Å². The van der Waals surface area contributed by atoms with Crippen LogP contribution in [0.1, 0.15) is 52.9 Å². The van der Waals surface area contributed by atoms with Crippen LogP contribution in [0, 0.1) is 5.41 Å². The van der Waals surface area contributed by atoms with Crippen molar-refractivity contribution in [2.45, 2.75) is 58.9 Å². The van der Waals surface area contributed by atoms with Crippen LogP contribution in [0.25, 0.3) is 0 Å². The molecule has 0 saturated carbocycles. The molecule has 0 heterocycles. The first-order chi connectivity index (χ1) is 6.53. The van der Waals surface area contributed by atoms with Crippen LogP contribution in [0.2, 0.25) is 0 Å². The zero-order chi connectivity index (χ0) is 10.6. The summed E-state index contributed by atoms with van der Waals surface area (Å²) in [4.78, 5) is 0. The van der Waals surface area contributed by atoms with E-state index in [4.69, 9.17) is 0 Å². The summed E-state index contributed by atoms with van der Waals surface area (Å²) in [5.41, 5.74) is 2.07. The number of rotatable bonds is 3. The van der Waals surface area contributed by atoms with E-state index in [0.29, 0.717) is 11.5 Å². The molecular weight excluding hydrogens is 170 g/mol. The van der Waals surface area contributed by atoms with E-state index in [9.17, 15) is 0 Å². The van der Waals surface area contributed by atoms with Gasteiger partial charge in [-0.1, -0.05) is 32.4 Å². The summed E-state index contributed by atoms with van der Waals surface area (Å²) < 4.78 is 0. The summed E-state index contributed by atoms with van der Waals surface area (Å²) in [5.74, 6) is 0. The van der Waals surface area contributed by atoms with Crippen LogP contribution < -0.4 is 5.32 Å². The van der Waals surface area contributed by atoms with Crippen LogP contribution in [0.4, 0.5) is 0 Å². The van der Waals surface area contributed by atoms with Gasteiger partial charge in [0, 0.05) is 6.04 Å². The zero-order valence-corrected chi connectivity index (χ0v) is 10.2. The van der Waals surface area contributed by atoms with Crippen molar-refractivity contribution in [3.05, 3.63) is 11.6 Å². The van der Waals surface area contributed by atoms with Crippen LogP contribution in [0.5, 0.6) is 0 Å². The molecule has 0 spiro atoms. The van der Waals surface area contributed by atoms with Gasteiger partial charge in [-0.05, 0) is 44.6 Å². The third-order valence-corrected chi connectivity index (χ3v) is 2.94. The SMILES string of the molecule is CNC(CC(C)(C)C)C1=CCCCC1. The summed E-state index contributed by atoms with van der Waals surface area (Å²) in [6.07, 6.45) is 9.06. The van der Waals surface area contributed by atoms with Gasteiger partial charge in [0.25, 0.3) is 0 Å². The van der Waals surface area contributed by atoms with Gasteiger partial charge in [-0.3, -0.25) is 0 Å². The molecule has 0 saturated heterocycles. The lowest BCUT2D eigenvalue weighted by Crippen LogP contribution is -2.32. The van der Waals surface area contributed by atoms with E-state index in [1.807, 2.05) is 0 Å². The van der Waals surface area contributed by atoms with Gasteiger partial charge in [-0.15, -0.1) is 0 Å². The standard InChI is InChI=1S/C13H25N/c1-13(2,3)10-12(14-4)11-8-6-5-7-9-11/h8,12,14H,5-7,9-10H2,1-4H3. The largest absolute Gasteiger partial charge is 0.313 e. The molecule has 82 valence electrons. The average molecular weight is 195 g/mol. The molecular formula is C13H25N. The Kier molecular flexibility index (Phi) is 4.18. The lowest BCUT2D eigenvalue weighted by Gasteiger charge is -2.29. The lowest BCUT2D eigenvalue weighted by atomic mass is 9.82.